The van der Waals surface area contributed by atoms with Crippen LogP contribution in [0.2, 0.25) is 0 Å². The summed E-state index contributed by atoms with van der Waals surface area (Å²) in [6.45, 7) is 9.89. The lowest BCUT2D eigenvalue weighted by molar-refractivity contribution is 0.357. The number of hydrogen-bond acceptors (Lipinski definition) is 3. The highest BCUT2D eigenvalue weighted by atomic mass is 16.3. The third-order valence-electron chi connectivity index (χ3n) is 2.10. The number of rotatable bonds is 4. The lowest BCUT2D eigenvalue weighted by Gasteiger charge is -2.15. The molecule has 0 aliphatic heterocycles. The fourth-order valence-electron chi connectivity index (χ4n) is 1.44. The van der Waals surface area contributed by atoms with E-state index in [1.807, 2.05) is 39.0 Å². The molecule has 3 N–H and O–H groups in total. The molecule has 0 spiro atoms. The highest BCUT2D eigenvalue weighted by Crippen LogP contribution is 2.19. The molecule has 0 unspecified atom stereocenters. The Morgan fingerprint density at radius 1 is 1.35 bits per heavy atom. The standard InChI is InChI=1S/C12H18N2O.C2H6/c1-8(2)14-12-6-9(3)4-5-10(12)11(13)7-15;1-2/h4-6,8,13-15H,7H2,1-3H3;1-2H3. The minimum Gasteiger partial charge on any atom is -0.390 e. The van der Waals surface area contributed by atoms with E-state index in [9.17, 15) is 0 Å². The van der Waals surface area contributed by atoms with Gasteiger partial charge in [0.15, 0.2) is 0 Å². The van der Waals surface area contributed by atoms with Gasteiger partial charge in [0.05, 0.1) is 12.3 Å². The SMILES string of the molecule is CC.Cc1ccc(C(=N)CO)c(NC(C)C)c1. The third-order valence-corrected chi connectivity index (χ3v) is 2.10. The van der Waals surface area contributed by atoms with Crippen LogP contribution < -0.4 is 5.32 Å². The second-order valence-corrected chi connectivity index (χ2v) is 3.98. The smallest absolute Gasteiger partial charge is 0.0852 e. The van der Waals surface area contributed by atoms with Gasteiger partial charge in [-0.2, -0.15) is 0 Å². The second-order valence-electron chi connectivity index (χ2n) is 3.98. The Bertz CT molecular complexity index is 359. The molecule has 1 rings (SSSR count). The van der Waals surface area contributed by atoms with Gasteiger partial charge in [-0.3, -0.25) is 0 Å². The molecule has 0 aromatic heterocycles. The molecule has 0 atom stereocenters. The maximum absolute atomic E-state index is 8.96. The molecule has 0 radical (unpaired) electrons. The van der Waals surface area contributed by atoms with Crippen LogP contribution in [0.3, 0.4) is 0 Å². The summed E-state index contributed by atoms with van der Waals surface area (Å²) in [5, 5.41) is 19.9. The number of nitrogens with one attached hydrogen (secondary N) is 2. The topological polar surface area (TPSA) is 56.1 Å². The molecule has 0 saturated carbocycles. The molecule has 96 valence electrons. The molecule has 0 heterocycles. The van der Waals surface area contributed by atoms with Crippen LogP contribution in [-0.4, -0.2) is 23.5 Å². The van der Waals surface area contributed by atoms with Crippen LogP contribution in [0, 0.1) is 12.3 Å². The minimum atomic E-state index is -0.226. The summed E-state index contributed by atoms with van der Waals surface area (Å²) in [6.07, 6.45) is 0. The van der Waals surface area contributed by atoms with Gasteiger partial charge >= 0.3 is 0 Å². The van der Waals surface area contributed by atoms with Crippen molar-refractivity contribution in [3.05, 3.63) is 29.3 Å². The van der Waals surface area contributed by atoms with Crippen LogP contribution in [0.4, 0.5) is 5.69 Å². The van der Waals surface area contributed by atoms with Crippen LogP contribution in [0.1, 0.15) is 38.8 Å². The first-order chi connectivity index (χ1) is 8.04. The highest BCUT2D eigenvalue weighted by Gasteiger charge is 2.07. The van der Waals surface area contributed by atoms with Crippen molar-refractivity contribution in [3.8, 4) is 0 Å². The first-order valence-electron chi connectivity index (χ1n) is 6.10. The summed E-state index contributed by atoms with van der Waals surface area (Å²) in [5.74, 6) is 0. The molecule has 0 saturated heterocycles. The van der Waals surface area contributed by atoms with Gasteiger partial charge in [0.25, 0.3) is 0 Å². The number of aliphatic hydroxyl groups is 1. The van der Waals surface area contributed by atoms with Crippen molar-refractivity contribution >= 4 is 11.4 Å². The van der Waals surface area contributed by atoms with E-state index >= 15 is 0 Å². The predicted molar refractivity (Wildman–Crippen MR) is 75.2 cm³/mol. The van der Waals surface area contributed by atoms with Gasteiger partial charge < -0.3 is 15.8 Å². The molecule has 0 fully saturated rings. The van der Waals surface area contributed by atoms with Crippen LogP contribution in [0.5, 0.6) is 0 Å². The molecular formula is C14H24N2O. The predicted octanol–water partition coefficient (Wildman–Crippen LogP) is 3.20. The van der Waals surface area contributed by atoms with E-state index in [1.54, 1.807) is 0 Å². The van der Waals surface area contributed by atoms with Crippen molar-refractivity contribution < 1.29 is 5.11 Å². The van der Waals surface area contributed by atoms with Crippen LogP contribution in [-0.2, 0) is 0 Å². The highest BCUT2D eigenvalue weighted by molar-refractivity contribution is 6.03. The monoisotopic (exact) mass is 236 g/mol. The van der Waals surface area contributed by atoms with Crippen molar-refractivity contribution in [2.24, 2.45) is 0 Å². The molecule has 1 aromatic rings. The summed E-state index contributed by atoms with van der Waals surface area (Å²) in [7, 11) is 0. The molecule has 0 aliphatic rings. The third kappa shape index (κ3) is 5.00. The zero-order valence-electron chi connectivity index (χ0n) is 11.5. The summed E-state index contributed by atoms with van der Waals surface area (Å²) in [6, 6.07) is 6.14. The number of aryl methyl sites for hydroxylation is 1. The lowest BCUT2D eigenvalue weighted by atomic mass is 10.1. The Labute approximate surface area is 104 Å². The Morgan fingerprint density at radius 3 is 2.41 bits per heavy atom. The van der Waals surface area contributed by atoms with E-state index in [0.717, 1.165) is 16.8 Å². The number of anilines is 1. The summed E-state index contributed by atoms with van der Waals surface area (Å²) < 4.78 is 0. The van der Waals surface area contributed by atoms with Crippen LogP contribution in [0.15, 0.2) is 18.2 Å². The zero-order valence-corrected chi connectivity index (χ0v) is 11.5. The van der Waals surface area contributed by atoms with Gasteiger partial charge in [-0.05, 0) is 32.4 Å². The first-order valence-corrected chi connectivity index (χ1v) is 6.10. The van der Waals surface area contributed by atoms with E-state index in [2.05, 4.69) is 19.2 Å². The van der Waals surface area contributed by atoms with E-state index in [4.69, 9.17) is 10.5 Å². The Hall–Kier alpha value is -1.35. The van der Waals surface area contributed by atoms with Crippen LogP contribution in [0.25, 0.3) is 0 Å². The van der Waals surface area contributed by atoms with Gasteiger partial charge in [-0.15, -0.1) is 0 Å². The van der Waals surface area contributed by atoms with Gasteiger partial charge in [-0.25, -0.2) is 0 Å². The van der Waals surface area contributed by atoms with Gasteiger partial charge in [-0.1, -0.05) is 26.0 Å². The van der Waals surface area contributed by atoms with E-state index < -0.39 is 0 Å². The molecule has 0 amide bonds. The van der Waals surface area contributed by atoms with Gasteiger partial charge in [0.1, 0.15) is 0 Å². The Balaban J connectivity index is 0.00000121. The van der Waals surface area contributed by atoms with E-state index in [1.165, 1.54) is 0 Å². The van der Waals surface area contributed by atoms with Crippen molar-refractivity contribution in [3.63, 3.8) is 0 Å². The second kappa shape index (κ2) is 7.85. The van der Waals surface area contributed by atoms with E-state index in [-0.39, 0.29) is 12.3 Å². The zero-order chi connectivity index (χ0) is 13.4. The average Bonchev–Trinajstić information content (AvgIpc) is 2.30. The summed E-state index contributed by atoms with van der Waals surface area (Å²) >= 11 is 0. The van der Waals surface area contributed by atoms with Crippen molar-refractivity contribution in [2.75, 3.05) is 11.9 Å². The van der Waals surface area contributed by atoms with Crippen molar-refractivity contribution in [1.29, 1.82) is 5.41 Å². The fourth-order valence-corrected chi connectivity index (χ4v) is 1.44. The molecule has 0 aliphatic carbocycles. The summed E-state index contributed by atoms with van der Waals surface area (Å²) in [4.78, 5) is 0. The number of benzene rings is 1. The van der Waals surface area contributed by atoms with Gasteiger partial charge in [0, 0.05) is 17.3 Å². The average molecular weight is 236 g/mol. The minimum absolute atomic E-state index is 0.226. The maximum atomic E-state index is 8.96. The Kier molecular flexibility index (Phi) is 7.22. The molecule has 3 nitrogen and oxygen atoms in total. The molecular weight excluding hydrogens is 212 g/mol. The number of hydrogen-bond donors (Lipinski definition) is 3. The molecule has 0 bridgehead atoms. The first kappa shape index (κ1) is 15.7. The summed E-state index contributed by atoms with van der Waals surface area (Å²) in [5.41, 5.74) is 3.09. The quantitative estimate of drug-likeness (QED) is 0.703. The normalized spacial score (nSPS) is 9.59. The van der Waals surface area contributed by atoms with Crippen molar-refractivity contribution in [1.82, 2.24) is 0 Å². The van der Waals surface area contributed by atoms with Crippen LogP contribution >= 0.6 is 0 Å². The van der Waals surface area contributed by atoms with Gasteiger partial charge in [0.2, 0.25) is 0 Å². The molecule has 17 heavy (non-hydrogen) atoms. The lowest BCUT2D eigenvalue weighted by Crippen LogP contribution is -2.15. The molecule has 3 heteroatoms. The van der Waals surface area contributed by atoms with E-state index in [0.29, 0.717) is 6.04 Å². The van der Waals surface area contributed by atoms with Crippen molar-refractivity contribution in [2.45, 2.75) is 40.7 Å². The molecule has 1 aromatic carbocycles. The Morgan fingerprint density at radius 2 is 1.94 bits per heavy atom. The largest absolute Gasteiger partial charge is 0.390 e. The fraction of sp³-hybridized carbons (Fsp3) is 0.500. The number of aliphatic hydroxyl groups excluding tert-OH is 1. The maximum Gasteiger partial charge on any atom is 0.0852 e.